The highest BCUT2D eigenvalue weighted by atomic mass is 19.1. The normalized spacial score (nSPS) is 22.1. The lowest BCUT2D eigenvalue weighted by Crippen LogP contribution is -2.64. The molecule has 0 aromatic heterocycles. The largest absolute Gasteiger partial charge is 0.331 e. The van der Waals surface area contributed by atoms with Crippen LogP contribution in [-0.4, -0.2) is 35.5 Å². The minimum atomic E-state index is -0.371. The molecule has 1 aliphatic heterocycles. The number of carbonyl (C=O) groups is 1. The lowest BCUT2D eigenvalue weighted by atomic mass is 9.92. The van der Waals surface area contributed by atoms with Crippen LogP contribution < -0.4 is 5.32 Å². The van der Waals surface area contributed by atoms with Crippen LogP contribution in [0.5, 0.6) is 0 Å². The van der Waals surface area contributed by atoms with Crippen molar-refractivity contribution in [1.82, 2.24) is 10.2 Å². The molecule has 1 heterocycles. The number of nitrogens with one attached hydrogen (secondary N) is 1. The maximum atomic E-state index is 13.3. The second-order valence-electron chi connectivity index (χ2n) is 6.47. The maximum Gasteiger partial charge on any atom is 0.254 e. The molecule has 1 amide bonds. The van der Waals surface area contributed by atoms with Gasteiger partial charge in [0, 0.05) is 24.7 Å². The van der Waals surface area contributed by atoms with Gasteiger partial charge in [-0.25, -0.2) is 4.39 Å². The topological polar surface area (TPSA) is 32.3 Å². The highest BCUT2D eigenvalue weighted by molar-refractivity contribution is 5.94. The van der Waals surface area contributed by atoms with Gasteiger partial charge in [-0.3, -0.25) is 4.79 Å². The van der Waals surface area contributed by atoms with E-state index in [-0.39, 0.29) is 23.3 Å². The van der Waals surface area contributed by atoms with E-state index in [9.17, 15) is 9.18 Å². The molecule has 4 heteroatoms. The lowest BCUT2D eigenvalue weighted by Gasteiger charge is -2.47. The van der Waals surface area contributed by atoms with E-state index in [2.05, 4.69) is 19.2 Å². The van der Waals surface area contributed by atoms with Crippen molar-refractivity contribution in [3.63, 3.8) is 0 Å². The van der Waals surface area contributed by atoms with Crippen LogP contribution in [0.2, 0.25) is 0 Å². The average Bonchev–Trinajstić information content (AvgIpc) is 2.37. The number of amides is 1. The van der Waals surface area contributed by atoms with Gasteiger partial charge >= 0.3 is 0 Å². The molecule has 1 saturated heterocycles. The molecule has 1 fully saturated rings. The van der Waals surface area contributed by atoms with Gasteiger partial charge in [-0.05, 0) is 38.0 Å². The van der Waals surface area contributed by atoms with E-state index >= 15 is 0 Å². The van der Waals surface area contributed by atoms with Gasteiger partial charge in [0.15, 0.2) is 0 Å². The van der Waals surface area contributed by atoms with E-state index < -0.39 is 0 Å². The van der Waals surface area contributed by atoms with Gasteiger partial charge < -0.3 is 10.2 Å². The van der Waals surface area contributed by atoms with Gasteiger partial charge in [-0.2, -0.15) is 0 Å². The van der Waals surface area contributed by atoms with E-state index in [4.69, 9.17) is 0 Å². The molecule has 110 valence electrons. The molecule has 0 radical (unpaired) electrons. The Bertz CT molecular complexity index is 499. The molecule has 0 saturated carbocycles. The Morgan fingerprint density at radius 2 is 2.15 bits per heavy atom. The highest BCUT2D eigenvalue weighted by Crippen LogP contribution is 2.24. The monoisotopic (exact) mass is 278 g/mol. The molecular weight excluding hydrogens is 255 g/mol. The molecule has 1 N–H and O–H groups in total. The second kappa shape index (κ2) is 5.52. The third-order valence-corrected chi connectivity index (χ3v) is 4.03. The third-order valence-electron chi connectivity index (χ3n) is 4.03. The predicted octanol–water partition coefficient (Wildman–Crippen LogP) is 2.67. The molecule has 1 aromatic carbocycles. The summed E-state index contributed by atoms with van der Waals surface area (Å²) in [7, 11) is 0. The second-order valence-corrected chi connectivity index (χ2v) is 6.47. The van der Waals surface area contributed by atoms with Crippen molar-refractivity contribution < 1.29 is 9.18 Å². The van der Waals surface area contributed by atoms with Gasteiger partial charge in [0.05, 0.1) is 5.54 Å². The van der Waals surface area contributed by atoms with Crippen molar-refractivity contribution in [3.05, 3.63) is 35.6 Å². The van der Waals surface area contributed by atoms with E-state index in [0.717, 1.165) is 6.54 Å². The SMILES string of the molecule is CC(C)C1CN(C(=O)c2cccc(F)c2)C(C)(C)CN1. The first-order valence-electron chi connectivity index (χ1n) is 7.12. The highest BCUT2D eigenvalue weighted by Gasteiger charge is 2.38. The van der Waals surface area contributed by atoms with Gasteiger partial charge in [-0.15, -0.1) is 0 Å². The van der Waals surface area contributed by atoms with Crippen molar-refractivity contribution in [3.8, 4) is 0 Å². The van der Waals surface area contributed by atoms with Crippen LogP contribution >= 0.6 is 0 Å². The first-order valence-corrected chi connectivity index (χ1v) is 7.12. The number of hydrogen-bond donors (Lipinski definition) is 1. The Balaban J connectivity index is 2.25. The van der Waals surface area contributed by atoms with Crippen LogP contribution in [0.25, 0.3) is 0 Å². The van der Waals surface area contributed by atoms with E-state index in [1.54, 1.807) is 12.1 Å². The standard InChI is InChI=1S/C16H23FN2O/c1-11(2)14-9-19(16(3,4)10-18-14)15(20)12-6-5-7-13(17)8-12/h5-8,11,14,18H,9-10H2,1-4H3. The van der Waals surface area contributed by atoms with Crippen LogP contribution in [0.3, 0.4) is 0 Å². The molecule has 1 atom stereocenters. The fourth-order valence-electron chi connectivity index (χ4n) is 2.57. The Hall–Kier alpha value is -1.42. The summed E-state index contributed by atoms with van der Waals surface area (Å²) >= 11 is 0. The quantitative estimate of drug-likeness (QED) is 0.902. The summed E-state index contributed by atoms with van der Waals surface area (Å²) < 4.78 is 13.3. The van der Waals surface area contributed by atoms with Crippen LogP contribution in [-0.2, 0) is 0 Å². The van der Waals surface area contributed by atoms with Crippen molar-refractivity contribution in [2.24, 2.45) is 5.92 Å². The predicted molar refractivity (Wildman–Crippen MR) is 78.1 cm³/mol. The molecule has 3 nitrogen and oxygen atoms in total. The zero-order valence-corrected chi connectivity index (χ0v) is 12.6. The summed E-state index contributed by atoms with van der Waals surface area (Å²) in [5, 5.41) is 3.49. The van der Waals surface area contributed by atoms with Gasteiger partial charge in [0.25, 0.3) is 5.91 Å². The number of hydrogen-bond acceptors (Lipinski definition) is 2. The first-order chi connectivity index (χ1) is 9.31. The zero-order valence-electron chi connectivity index (χ0n) is 12.6. The summed E-state index contributed by atoms with van der Waals surface area (Å²) in [4.78, 5) is 14.5. The first kappa shape index (κ1) is 15.0. The zero-order chi connectivity index (χ0) is 14.9. The molecule has 0 spiro atoms. The fraction of sp³-hybridized carbons (Fsp3) is 0.562. The van der Waals surface area contributed by atoms with Crippen molar-refractivity contribution in [1.29, 1.82) is 0 Å². The maximum absolute atomic E-state index is 13.3. The van der Waals surface area contributed by atoms with E-state index in [0.29, 0.717) is 18.0 Å². The van der Waals surface area contributed by atoms with Crippen molar-refractivity contribution in [2.45, 2.75) is 39.3 Å². The van der Waals surface area contributed by atoms with Crippen LogP contribution in [0.15, 0.2) is 24.3 Å². The average molecular weight is 278 g/mol. The van der Waals surface area contributed by atoms with Crippen LogP contribution in [0.4, 0.5) is 4.39 Å². The Labute approximate surface area is 120 Å². The minimum absolute atomic E-state index is 0.0957. The summed E-state index contributed by atoms with van der Waals surface area (Å²) in [5.41, 5.74) is 0.150. The molecule has 20 heavy (non-hydrogen) atoms. The van der Waals surface area contributed by atoms with Crippen LogP contribution in [0, 0.1) is 11.7 Å². The molecular formula is C16H23FN2O. The number of rotatable bonds is 2. The van der Waals surface area contributed by atoms with Gasteiger partial charge in [0.1, 0.15) is 5.82 Å². The van der Waals surface area contributed by atoms with Crippen LogP contribution in [0.1, 0.15) is 38.1 Å². The molecule has 1 aromatic rings. The summed E-state index contributed by atoms with van der Waals surface area (Å²) in [5.74, 6) is -0.0141. The minimum Gasteiger partial charge on any atom is -0.331 e. The lowest BCUT2D eigenvalue weighted by molar-refractivity contribution is 0.0353. The van der Waals surface area contributed by atoms with E-state index in [1.165, 1.54) is 12.1 Å². The number of nitrogens with zero attached hydrogens (tertiary/aromatic N) is 1. The molecule has 1 unspecified atom stereocenters. The Morgan fingerprint density at radius 1 is 1.45 bits per heavy atom. The van der Waals surface area contributed by atoms with Gasteiger partial charge in [0.2, 0.25) is 0 Å². The third kappa shape index (κ3) is 3.01. The summed E-state index contributed by atoms with van der Waals surface area (Å²) in [6, 6.07) is 6.20. The van der Waals surface area contributed by atoms with Crippen molar-refractivity contribution in [2.75, 3.05) is 13.1 Å². The van der Waals surface area contributed by atoms with E-state index in [1.807, 2.05) is 18.7 Å². The molecule has 0 aliphatic carbocycles. The number of carbonyl (C=O) groups excluding carboxylic acids is 1. The Kier molecular flexibility index (Phi) is 4.14. The Morgan fingerprint density at radius 3 is 2.75 bits per heavy atom. The number of benzene rings is 1. The van der Waals surface area contributed by atoms with Gasteiger partial charge in [-0.1, -0.05) is 19.9 Å². The molecule has 0 bridgehead atoms. The number of halogens is 1. The molecule has 1 aliphatic rings. The summed E-state index contributed by atoms with van der Waals surface area (Å²) in [6.07, 6.45) is 0. The molecule has 2 rings (SSSR count). The number of piperazine rings is 1. The smallest absolute Gasteiger partial charge is 0.254 e. The fourth-order valence-corrected chi connectivity index (χ4v) is 2.57. The summed E-state index contributed by atoms with van der Waals surface area (Å²) in [6.45, 7) is 9.75. The van der Waals surface area contributed by atoms with Crippen molar-refractivity contribution >= 4 is 5.91 Å².